The summed E-state index contributed by atoms with van der Waals surface area (Å²) in [5.74, 6) is -0.00809. The number of hydrogen-bond acceptors (Lipinski definition) is 5. The van der Waals surface area contributed by atoms with E-state index in [1.807, 2.05) is 29.3 Å². The molecule has 1 fully saturated rings. The number of amides is 1. The molecule has 1 amide bonds. The van der Waals surface area contributed by atoms with Gasteiger partial charge in [-0.15, -0.1) is 11.3 Å². The van der Waals surface area contributed by atoms with Crippen LogP contribution in [0.4, 0.5) is 0 Å². The second kappa shape index (κ2) is 6.28. The summed E-state index contributed by atoms with van der Waals surface area (Å²) in [6, 6.07) is 5.62. The van der Waals surface area contributed by atoms with Crippen LogP contribution in [0.25, 0.3) is 10.9 Å². The molecule has 6 heteroatoms. The van der Waals surface area contributed by atoms with Crippen molar-refractivity contribution in [3.05, 3.63) is 52.4 Å². The molecular weight excluding hydrogens is 320 g/mol. The third kappa shape index (κ3) is 2.78. The number of likely N-dealkylation sites (tertiary alicyclic amines) is 1. The maximum Gasteiger partial charge on any atom is 0.273 e. The number of hydrogen-bond donors (Lipinski definition) is 0. The van der Waals surface area contributed by atoms with Crippen LogP contribution in [0.15, 0.2) is 36.0 Å². The number of nitrogens with zero attached hydrogens (tertiary/aromatic N) is 4. The van der Waals surface area contributed by atoms with Gasteiger partial charge in [0.2, 0.25) is 0 Å². The Bertz CT molecular complexity index is 891. The molecule has 3 aromatic heterocycles. The lowest BCUT2D eigenvalue weighted by atomic mass is 10.0. The molecule has 122 valence electrons. The summed E-state index contributed by atoms with van der Waals surface area (Å²) in [5, 5.41) is 4.03. The van der Waals surface area contributed by atoms with Crippen molar-refractivity contribution in [1.29, 1.82) is 0 Å². The number of fused-ring (bicyclic) bond motifs is 1. The maximum atomic E-state index is 13.1. The highest BCUT2D eigenvalue weighted by Crippen LogP contribution is 2.33. The normalized spacial score (nSPS) is 18.0. The Morgan fingerprint density at radius 1 is 1.25 bits per heavy atom. The van der Waals surface area contributed by atoms with Crippen LogP contribution in [0.2, 0.25) is 0 Å². The van der Waals surface area contributed by atoms with Gasteiger partial charge in [-0.05, 0) is 44.4 Å². The van der Waals surface area contributed by atoms with Gasteiger partial charge in [-0.3, -0.25) is 9.78 Å². The summed E-state index contributed by atoms with van der Waals surface area (Å²) in [7, 11) is 0. The molecule has 1 aliphatic heterocycles. The zero-order valence-electron chi connectivity index (χ0n) is 13.5. The molecule has 1 atom stereocenters. The Kier molecular flexibility index (Phi) is 3.98. The highest BCUT2D eigenvalue weighted by atomic mass is 32.1. The van der Waals surface area contributed by atoms with Gasteiger partial charge in [0.25, 0.3) is 5.91 Å². The highest BCUT2D eigenvalue weighted by Gasteiger charge is 2.31. The number of rotatable bonds is 2. The van der Waals surface area contributed by atoms with Crippen LogP contribution in [0.5, 0.6) is 0 Å². The molecule has 3 aromatic rings. The van der Waals surface area contributed by atoms with Crippen LogP contribution >= 0.6 is 11.3 Å². The Morgan fingerprint density at radius 3 is 3.00 bits per heavy atom. The third-order valence-corrected chi connectivity index (χ3v) is 5.46. The highest BCUT2D eigenvalue weighted by molar-refractivity contribution is 7.09. The zero-order valence-corrected chi connectivity index (χ0v) is 14.3. The topological polar surface area (TPSA) is 59.0 Å². The first-order valence-electron chi connectivity index (χ1n) is 8.16. The van der Waals surface area contributed by atoms with Gasteiger partial charge in [0.15, 0.2) is 0 Å². The number of pyridine rings is 2. The van der Waals surface area contributed by atoms with Gasteiger partial charge in [0.1, 0.15) is 10.7 Å². The quantitative estimate of drug-likeness (QED) is 0.714. The number of carbonyl (C=O) groups excluding carboxylic acids is 1. The largest absolute Gasteiger partial charge is 0.328 e. The number of thiazole rings is 1. The molecule has 5 nitrogen and oxygen atoms in total. The summed E-state index contributed by atoms with van der Waals surface area (Å²) in [6.07, 6.45) is 6.59. The van der Waals surface area contributed by atoms with E-state index in [4.69, 9.17) is 0 Å². The lowest BCUT2D eigenvalue weighted by molar-refractivity contribution is 0.0605. The van der Waals surface area contributed by atoms with E-state index in [1.165, 1.54) is 0 Å². The Labute approximate surface area is 144 Å². The number of piperidine rings is 1. The molecule has 4 heterocycles. The van der Waals surface area contributed by atoms with Gasteiger partial charge in [-0.25, -0.2) is 9.97 Å². The molecule has 1 saturated heterocycles. The fourth-order valence-electron chi connectivity index (χ4n) is 3.19. The van der Waals surface area contributed by atoms with Crippen molar-refractivity contribution in [3.8, 4) is 0 Å². The van der Waals surface area contributed by atoms with Crippen molar-refractivity contribution < 1.29 is 4.79 Å². The fourth-order valence-corrected chi connectivity index (χ4v) is 4.13. The van der Waals surface area contributed by atoms with Crippen LogP contribution in [0, 0.1) is 6.92 Å². The predicted octanol–water partition coefficient (Wildman–Crippen LogP) is 3.76. The molecule has 0 aliphatic carbocycles. The molecular formula is C18H18N4OS. The summed E-state index contributed by atoms with van der Waals surface area (Å²) in [4.78, 5) is 28.2. The molecule has 1 aliphatic rings. The van der Waals surface area contributed by atoms with Crippen molar-refractivity contribution in [3.63, 3.8) is 0 Å². The minimum absolute atomic E-state index is 0.00809. The van der Waals surface area contributed by atoms with Crippen LogP contribution in [0.3, 0.4) is 0 Å². The molecule has 0 aromatic carbocycles. The molecule has 0 bridgehead atoms. The van der Waals surface area contributed by atoms with Crippen LogP contribution in [-0.2, 0) is 0 Å². The van der Waals surface area contributed by atoms with Gasteiger partial charge >= 0.3 is 0 Å². The molecule has 0 spiro atoms. The smallest absolute Gasteiger partial charge is 0.273 e. The number of aryl methyl sites for hydroxylation is 1. The minimum Gasteiger partial charge on any atom is -0.328 e. The SMILES string of the molecule is Cc1csc(C2CCCCN2C(=O)c2ccc3cnccc3n2)n1. The fraction of sp³-hybridized carbons (Fsp3) is 0.333. The summed E-state index contributed by atoms with van der Waals surface area (Å²) in [6.45, 7) is 2.76. The van der Waals surface area contributed by atoms with E-state index < -0.39 is 0 Å². The van der Waals surface area contributed by atoms with Crippen molar-refractivity contribution in [1.82, 2.24) is 19.9 Å². The van der Waals surface area contributed by atoms with E-state index >= 15 is 0 Å². The van der Waals surface area contributed by atoms with E-state index in [-0.39, 0.29) is 11.9 Å². The van der Waals surface area contributed by atoms with Crippen LogP contribution in [-0.4, -0.2) is 32.3 Å². The lowest BCUT2D eigenvalue weighted by Crippen LogP contribution is -2.38. The molecule has 0 N–H and O–H groups in total. The minimum atomic E-state index is -0.00809. The van der Waals surface area contributed by atoms with Gasteiger partial charge in [0.05, 0.1) is 11.6 Å². The van der Waals surface area contributed by atoms with Gasteiger partial charge in [-0.2, -0.15) is 0 Å². The van der Waals surface area contributed by atoms with Crippen molar-refractivity contribution in [2.24, 2.45) is 0 Å². The Morgan fingerprint density at radius 2 is 2.17 bits per heavy atom. The summed E-state index contributed by atoms with van der Waals surface area (Å²) < 4.78 is 0. The van der Waals surface area contributed by atoms with Crippen molar-refractivity contribution >= 4 is 28.1 Å². The maximum absolute atomic E-state index is 13.1. The van der Waals surface area contributed by atoms with Gasteiger partial charge in [0, 0.05) is 35.4 Å². The third-order valence-electron chi connectivity index (χ3n) is 4.39. The van der Waals surface area contributed by atoms with Crippen molar-refractivity contribution in [2.45, 2.75) is 32.2 Å². The average Bonchev–Trinajstić information content (AvgIpc) is 3.07. The van der Waals surface area contributed by atoms with E-state index in [9.17, 15) is 4.79 Å². The standard InChI is InChI=1S/C18H18N4OS/c1-12-11-24-17(20-12)16-4-2-3-9-22(16)18(23)15-6-5-13-10-19-8-7-14(13)21-15/h5-8,10-11,16H,2-4,9H2,1H3. The molecule has 24 heavy (non-hydrogen) atoms. The first-order chi connectivity index (χ1) is 11.7. The first-order valence-corrected chi connectivity index (χ1v) is 9.04. The number of aromatic nitrogens is 3. The van der Waals surface area contributed by atoms with Gasteiger partial charge < -0.3 is 4.90 Å². The molecule has 1 unspecified atom stereocenters. The van der Waals surface area contributed by atoms with Crippen LogP contribution in [0.1, 0.15) is 46.5 Å². The van der Waals surface area contributed by atoms with E-state index in [2.05, 4.69) is 15.0 Å². The summed E-state index contributed by atoms with van der Waals surface area (Å²) in [5.41, 5.74) is 2.31. The average molecular weight is 338 g/mol. The van der Waals surface area contributed by atoms with E-state index in [0.29, 0.717) is 5.69 Å². The zero-order chi connectivity index (χ0) is 16.5. The number of carbonyl (C=O) groups is 1. The monoisotopic (exact) mass is 338 g/mol. The second-order valence-corrected chi connectivity index (χ2v) is 6.99. The molecule has 0 radical (unpaired) electrons. The molecule has 4 rings (SSSR count). The summed E-state index contributed by atoms with van der Waals surface area (Å²) >= 11 is 1.64. The second-order valence-electron chi connectivity index (χ2n) is 6.10. The van der Waals surface area contributed by atoms with E-state index in [1.54, 1.807) is 29.8 Å². The molecule has 0 saturated carbocycles. The first kappa shape index (κ1) is 15.2. The lowest BCUT2D eigenvalue weighted by Gasteiger charge is -2.34. The van der Waals surface area contributed by atoms with Crippen molar-refractivity contribution in [2.75, 3.05) is 6.54 Å². The predicted molar refractivity (Wildman–Crippen MR) is 94.0 cm³/mol. The Hall–Kier alpha value is -2.34. The van der Waals surface area contributed by atoms with Gasteiger partial charge in [-0.1, -0.05) is 0 Å². The Balaban J connectivity index is 1.67. The van der Waals surface area contributed by atoms with Crippen LogP contribution < -0.4 is 0 Å². The van der Waals surface area contributed by atoms with E-state index in [0.717, 1.165) is 47.4 Å².